The molecule has 55 heavy (non-hydrogen) atoms. The van der Waals surface area contributed by atoms with Gasteiger partial charge in [-0.15, -0.1) is 0 Å². The maximum Gasteiger partial charge on any atom is 0.136 e. The highest BCUT2D eigenvalue weighted by Gasteiger charge is 2.19. The Hall–Kier alpha value is -7.22. The number of hydrogen-bond acceptors (Lipinski definition) is 1. The van der Waals surface area contributed by atoms with Gasteiger partial charge in [0, 0.05) is 10.8 Å². The Kier molecular flexibility index (Phi) is 5.15. The molecule has 13 rings (SSSR count). The summed E-state index contributed by atoms with van der Waals surface area (Å²) in [7, 11) is 0. The van der Waals surface area contributed by atoms with Crippen LogP contribution in [0.15, 0.2) is 186 Å². The molecule has 0 saturated carbocycles. The Morgan fingerprint density at radius 2 is 0.727 bits per heavy atom. The molecule has 0 N–H and O–H groups in total. The molecule has 1 aromatic heterocycles. The van der Waals surface area contributed by atoms with Crippen LogP contribution in [0, 0.1) is 0 Å². The third-order valence-corrected chi connectivity index (χ3v) is 12.0. The van der Waals surface area contributed by atoms with Crippen molar-refractivity contribution in [3.8, 4) is 33.4 Å². The number of hydrogen-bond donors (Lipinski definition) is 0. The summed E-state index contributed by atoms with van der Waals surface area (Å²) >= 11 is 0. The van der Waals surface area contributed by atoms with E-state index in [9.17, 15) is 4.11 Å². The monoisotopic (exact) mass is 697 g/mol. The quantitative estimate of drug-likeness (QED) is 0.168. The average molecular weight is 698 g/mol. The highest BCUT2D eigenvalue weighted by Crippen LogP contribution is 2.46. The fourth-order valence-electron chi connectivity index (χ4n) is 9.50. The molecule has 0 atom stereocenters. The third kappa shape index (κ3) is 4.07. The zero-order valence-electron chi connectivity index (χ0n) is 32.5. The Morgan fingerprint density at radius 1 is 0.291 bits per heavy atom. The van der Waals surface area contributed by atoms with Crippen LogP contribution in [0.2, 0.25) is 0 Å². The van der Waals surface area contributed by atoms with Gasteiger partial charge >= 0.3 is 0 Å². The summed E-state index contributed by atoms with van der Waals surface area (Å²) in [6.07, 6.45) is 0. The molecule has 12 aromatic carbocycles. The highest BCUT2D eigenvalue weighted by atomic mass is 16.3. The number of fused-ring (bicyclic) bond motifs is 4. The first-order valence-corrected chi connectivity index (χ1v) is 18.8. The van der Waals surface area contributed by atoms with Gasteiger partial charge < -0.3 is 4.42 Å². The molecule has 0 bridgehead atoms. The summed E-state index contributed by atoms with van der Waals surface area (Å²) in [5.74, 6) is 0. The first-order valence-electron chi connectivity index (χ1n) is 20.3. The number of furan rings is 1. The lowest BCUT2D eigenvalue weighted by molar-refractivity contribution is 0.669. The average Bonchev–Trinajstić information content (AvgIpc) is 3.62. The van der Waals surface area contributed by atoms with Crippen LogP contribution in [0.25, 0.3) is 131 Å². The summed E-state index contributed by atoms with van der Waals surface area (Å²) < 4.78 is 37.2. The topological polar surface area (TPSA) is 13.1 Å². The normalized spacial score (nSPS) is 13.1. The second kappa shape index (κ2) is 10.7. The van der Waals surface area contributed by atoms with E-state index in [2.05, 4.69) is 133 Å². The van der Waals surface area contributed by atoms with Crippen LogP contribution in [-0.2, 0) is 0 Å². The predicted octanol–water partition coefficient (Wildman–Crippen LogP) is 15.5. The third-order valence-electron chi connectivity index (χ3n) is 12.0. The smallest absolute Gasteiger partial charge is 0.136 e. The molecule has 0 aliphatic heterocycles. The summed E-state index contributed by atoms with van der Waals surface area (Å²) in [6, 6.07) is 57.5. The molecule has 1 heterocycles. The zero-order valence-corrected chi connectivity index (χ0v) is 29.5. The lowest BCUT2D eigenvalue weighted by Gasteiger charge is -2.18. The highest BCUT2D eigenvalue weighted by molar-refractivity contribution is 6.27. The van der Waals surface area contributed by atoms with Crippen molar-refractivity contribution in [3.63, 3.8) is 0 Å². The molecule has 0 amide bonds. The maximum atomic E-state index is 10.2. The van der Waals surface area contributed by atoms with E-state index < -0.39 is 0 Å². The number of rotatable bonds is 3. The molecule has 1 heteroatoms. The molecular weight excluding hydrogens is 665 g/mol. The van der Waals surface area contributed by atoms with Gasteiger partial charge in [0.05, 0.1) is 4.11 Å². The molecule has 0 aliphatic rings. The molecule has 0 aliphatic carbocycles. The van der Waals surface area contributed by atoms with Crippen molar-refractivity contribution in [2.24, 2.45) is 0 Å². The van der Waals surface area contributed by atoms with Crippen LogP contribution in [0.5, 0.6) is 0 Å². The minimum absolute atomic E-state index is 0.161. The summed E-state index contributed by atoms with van der Waals surface area (Å²) in [6.45, 7) is 0. The Morgan fingerprint density at radius 3 is 1.29 bits per heavy atom. The van der Waals surface area contributed by atoms with Crippen molar-refractivity contribution >= 4 is 97.3 Å². The van der Waals surface area contributed by atoms with E-state index in [0.29, 0.717) is 22.3 Å². The summed E-state index contributed by atoms with van der Waals surface area (Å²) in [4.78, 5) is 0. The Balaban J connectivity index is 1.20. The van der Waals surface area contributed by atoms with Crippen molar-refractivity contribution in [1.29, 1.82) is 0 Å². The summed E-state index contributed by atoms with van der Waals surface area (Å²) in [5, 5.41) is 17.5. The van der Waals surface area contributed by atoms with Crippen LogP contribution < -0.4 is 0 Å². The van der Waals surface area contributed by atoms with Gasteiger partial charge in [-0.05, 0) is 145 Å². The van der Waals surface area contributed by atoms with Crippen molar-refractivity contribution in [3.05, 3.63) is 182 Å². The van der Waals surface area contributed by atoms with Gasteiger partial charge in [0.15, 0.2) is 0 Å². The Bertz CT molecular complexity index is 3690. The van der Waals surface area contributed by atoms with Gasteiger partial charge in [-0.25, -0.2) is 0 Å². The van der Waals surface area contributed by atoms with Crippen LogP contribution in [0.3, 0.4) is 0 Å². The largest absolute Gasteiger partial charge is 0.456 e. The van der Waals surface area contributed by atoms with Gasteiger partial charge in [-0.1, -0.05) is 146 Å². The predicted molar refractivity (Wildman–Crippen MR) is 235 cm³/mol. The fourth-order valence-corrected chi connectivity index (χ4v) is 9.50. The standard InChI is InChI=1S/C54H30O/c1-2-7-38-30-49-47(29-37(38)6-1)54-44(12-5-13-48(54)55-49)41-27-39(42-22-18-35-16-14-31-8-3-10-33-20-24-45(42)52(35)50(31)33)26-40(28-41)43-23-19-36-17-15-32-9-4-11-34-21-25-46(43)53(36)51(32)34/h1-30H/i26D,27D,28D. The molecular formula is C54H30O. The zero-order chi connectivity index (χ0) is 38.4. The van der Waals surface area contributed by atoms with E-state index in [0.717, 1.165) is 97.7 Å². The van der Waals surface area contributed by atoms with Gasteiger partial charge in [-0.2, -0.15) is 0 Å². The van der Waals surface area contributed by atoms with E-state index in [4.69, 9.17) is 4.42 Å². The first kappa shape index (κ1) is 26.5. The molecule has 13 aromatic rings. The maximum absolute atomic E-state index is 10.2. The molecule has 252 valence electrons. The van der Waals surface area contributed by atoms with E-state index >= 15 is 0 Å². The van der Waals surface area contributed by atoms with Crippen LogP contribution >= 0.6 is 0 Å². The van der Waals surface area contributed by atoms with Crippen LogP contribution in [-0.4, -0.2) is 0 Å². The van der Waals surface area contributed by atoms with E-state index in [-0.39, 0.29) is 18.1 Å². The minimum atomic E-state index is 0.161. The van der Waals surface area contributed by atoms with Gasteiger partial charge in [0.2, 0.25) is 0 Å². The molecule has 0 spiro atoms. The van der Waals surface area contributed by atoms with E-state index in [1.165, 1.54) is 10.8 Å². The fraction of sp³-hybridized carbons (Fsp3) is 0. The Labute approximate surface area is 320 Å². The molecule has 0 saturated heterocycles. The molecule has 0 radical (unpaired) electrons. The van der Waals surface area contributed by atoms with Crippen molar-refractivity contribution in [1.82, 2.24) is 0 Å². The number of benzene rings is 12. The minimum Gasteiger partial charge on any atom is -0.456 e. The van der Waals surface area contributed by atoms with Crippen molar-refractivity contribution < 1.29 is 8.53 Å². The summed E-state index contributed by atoms with van der Waals surface area (Å²) in [5.41, 5.74) is 5.35. The first-order chi connectivity index (χ1) is 28.5. The molecule has 1 nitrogen and oxygen atoms in total. The van der Waals surface area contributed by atoms with E-state index in [1.54, 1.807) is 0 Å². The van der Waals surface area contributed by atoms with Crippen LogP contribution in [0.1, 0.15) is 4.11 Å². The van der Waals surface area contributed by atoms with Crippen molar-refractivity contribution in [2.45, 2.75) is 0 Å². The lowest BCUT2D eigenvalue weighted by atomic mass is 9.85. The second-order valence-electron chi connectivity index (χ2n) is 14.9. The molecule has 0 unspecified atom stereocenters. The SMILES string of the molecule is [2H]c1c(-c2ccc3ccc4cccc5ccc2c3c45)c([2H])c(-c2cccc3oc4cc5ccccc5cc4c23)c([2H])c1-c1ccc2ccc3cccc4ccc1c2c34. The van der Waals surface area contributed by atoms with Gasteiger partial charge in [0.1, 0.15) is 11.2 Å². The van der Waals surface area contributed by atoms with Crippen LogP contribution in [0.4, 0.5) is 0 Å². The van der Waals surface area contributed by atoms with E-state index in [1.807, 2.05) is 30.3 Å². The molecule has 0 fully saturated rings. The lowest BCUT2D eigenvalue weighted by Crippen LogP contribution is -1.91. The second-order valence-corrected chi connectivity index (χ2v) is 14.9. The van der Waals surface area contributed by atoms with Gasteiger partial charge in [0.25, 0.3) is 0 Å². The van der Waals surface area contributed by atoms with Gasteiger partial charge in [-0.3, -0.25) is 0 Å². The van der Waals surface area contributed by atoms with Crippen molar-refractivity contribution in [2.75, 3.05) is 0 Å².